The molecule has 12 heteroatoms. The molecule has 0 aliphatic carbocycles. The number of methoxy groups -OCH3 is 1. The Morgan fingerprint density at radius 2 is 1.68 bits per heavy atom. The zero-order chi connectivity index (χ0) is 29.4. The van der Waals surface area contributed by atoms with Gasteiger partial charge in [-0.05, 0) is 24.1 Å². The Kier molecular flexibility index (Phi) is 9.83. The minimum absolute atomic E-state index is 0.0215. The fraction of sp³-hybridized carbons (Fsp3) is 0.286. The summed E-state index contributed by atoms with van der Waals surface area (Å²) in [4.78, 5) is 39.2. The van der Waals surface area contributed by atoms with Crippen molar-refractivity contribution >= 4 is 33.2 Å². The van der Waals surface area contributed by atoms with E-state index in [1.54, 1.807) is 0 Å². The lowest BCUT2D eigenvalue weighted by molar-refractivity contribution is -0.384. The number of likely N-dealkylation sites (N-methyl/N-ethyl adjacent to an activating group) is 1. The van der Waals surface area contributed by atoms with Crippen molar-refractivity contribution in [3.8, 4) is 5.75 Å². The zero-order valence-corrected chi connectivity index (χ0v) is 23.6. The molecule has 212 valence electrons. The SMILES string of the molecule is CNC(=O)[C@@H](Cc1ccccc1)N(Cc1ccc(C)cc1)C(=O)CN(c1cc([N+](=O)[O-])ccc1OC)S(C)(=O)=O. The molecule has 0 unspecified atom stereocenters. The van der Waals surface area contributed by atoms with Crippen molar-refractivity contribution in [3.63, 3.8) is 0 Å². The Hall–Kier alpha value is -4.45. The number of hydrogen-bond donors (Lipinski definition) is 1. The first-order valence-corrected chi connectivity index (χ1v) is 14.2. The van der Waals surface area contributed by atoms with Crippen LogP contribution in [0.3, 0.4) is 0 Å². The van der Waals surface area contributed by atoms with Crippen LogP contribution < -0.4 is 14.4 Å². The molecule has 3 aromatic carbocycles. The summed E-state index contributed by atoms with van der Waals surface area (Å²) in [6, 6.07) is 19.1. The van der Waals surface area contributed by atoms with Gasteiger partial charge in [-0.1, -0.05) is 60.2 Å². The minimum Gasteiger partial charge on any atom is -0.495 e. The monoisotopic (exact) mass is 568 g/mol. The third-order valence-corrected chi connectivity index (χ3v) is 7.44. The average molecular weight is 569 g/mol. The Bertz CT molecular complexity index is 1460. The number of non-ortho nitro benzene ring substituents is 1. The number of ether oxygens (including phenoxy) is 1. The maximum Gasteiger partial charge on any atom is 0.271 e. The molecule has 0 aliphatic rings. The number of carbonyl (C=O) groups excluding carboxylic acids is 2. The standard InChI is InChI=1S/C28H32N4O7S/c1-20-10-12-22(13-11-20)18-30(25(28(34)29-2)16-21-8-6-5-7-9-21)27(33)19-31(40(4,37)38)24-17-23(32(35)36)14-15-26(24)39-3/h5-15,17,25H,16,18-19H2,1-4H3,(H,29,34)/t25-/m1/s1. The number of sulfonamides is 1. The van der Waals surface area contributed by atoms with Gasteiger partial charge in [-0.25, -0.2) is 8.42 Å². The van der Waals surface area contributed by atoms with Crippen LogP contribution in [-0.4, -0.2) is 63.1 Å². The lowest BCUT2D eigenvalue weighted by Gasteiger charge is -2.33. The number of amides is 2. The van der Waals surface area contributed by atoms with Crippen molar-refractivity contribution in [2.45, 2.75) is 25.9 Å². The molecule has 0 bridgehead atoms. The average Bonchev–Trinajstić information content (AvgIpc) is 2.93. The molecule has 0 aromatic heterocycles. The number of nitro benzene ring substituents is 1. The molecule has 1 N–H and O–H groups in total. The van der Waals surface area contributed by atoms with E-state index in [0.717, 1.165) is 33.3 Å². The topological polar surface area (TPSA) is 139 Å². The van der Waals surface area contributed by atoms with Gasteiger partial charge in [0, 0.05) is 32.1 Å². The van der Waals surface area contributed by atoms with Crippen LogP contribution in [0.1, 0.15) is 16.7 Å². The molecule has 2 amide bonds. The maximum absolute atomic E-state index is 14.0. The highest BCUT2D eigenvalue weighted by Gasteiger charge is 2.33. The predicted molar refractivity (Wildman–Crippen MR) is 152 cm³/mol. The summed E-state index contributed by atoms with van der Waals surface area (Å²) < 4.78 is 31.9. The fourth-order valence-corrected chi connectivity index (χ4v) is 5.04. The first-order valence-electron chi connectivity index (χ1n) is 12.3. The third-order valence-electron chi connectivity index (χ3n) is 6.31. The molecule has 0 spiro atoms. The molecule has 0 aliphatic heterocycles. The molecule has 3 rings (SSSR count). The number of nitrogens with one attached hydrogen (secondary N) is 1. The second kappa shape index (κ2) is 13.1. The number of nitrogens with zero attached hydrogens (tertiary/aromatic N) is 3. The van der Waals surface area contributed by atoms with E-state index >= 15 is 0 Å². The van der Waals surface area contributed by atoms with Gasteiger partial charge >= 0.3 is 0 Å². The van der Waals surface area contributed by atoms with Gasteiger partial charge in [0.05, 0.1) is 18.3 Å². The zero-order valence-electron chi connectivity index (χ0n) is 22.7. The van der Waals surface area contributed by atoms with Gasteiger partial charge in [-0.15, -0.1) is 0 Å². The van der Waals surface area contributed by atoms with Crippen molar-refractivity contribution in [2.75, 3.05) is 31.3 Å². The van der Waals surface area contributed by atoms with E-state index in [1.807, 2.05) is 61.5 Å². The molecule has 0 heterocycles. The highest BCUT2D eigenvalue weighted by atomic mass is 32.2. The summed E-state index contributed by atoms with van der Waals surface area (Å²) in [6.45, 7) is 1.23. The van der Waals surface area contributed by atoms with E-state index in [9.17, 15) is 28.1 Å². The molecular weight excluding hydrogens is 536 g/mol. The lowest BCUT2D eigenvalue weighted by Crippen LogP contribution is -2.52. The highest BCUT2D eigenvalue weighted by Crippen LogP contribution is 2.34. The minimum atomic E-state index is -4.13. The summed E-state index contributed by atoms with van der Waals surface area (Å²) >= 11 is 0. The van der Waals surface area contributed by atoms with Crippen molar-refractivity contribution in [1.82, 2.24) is 10.2 Å². The van der Waals surface area contributed by atoms with E-state index in [2.05, 4.69) is 5.32 Å². The summed E-state index contributed by atoms with van der Waals surface area (Å²) in [6.07, 6.45) is 1.07. The van der Waals surface area contributed by atoms with Gasteiger partial charge in [-0.2, -0.15) is 0 Å². The number of nitro groups is 1. The molecule has 0 radical (unpaired) electrons. The third kappa shape index (κ3) is 7.56. The van der Waals surface area contributed by atoms with Crippen LogP contribution in [-0.2, 0) is 32.6 Å². The second-order valence-corrected chi connectivity index (χ2v) is 11.1. The van der Waals surface area contributed by atoms with Crippen LogP contribution in [0.2, 0.25) is 0 Å². The number of aryl methyl sites for hydroxylation is 1. The molecule has 0 saturated heterocycles. The normalized spacial score (nSPS) is 11.8. The Balaban J connectivity index is 2.09. The largest absolute Gasteiger partial charge is 0.495 e. The van der Waals surface area contributed by atoms with Crippen LogP contribution in [0, 0.1) is 17.0 Å². The summed E-state index contributed by atoms with van der Waals surface area (Å²) in [5, 5.41) is 14.0. The summed E-state index contributed by atoms with van der Waals surface area (Å²) in [5.74, 6) is -1.08. The quantitative estimate of drug-likeness (QED) is 0.262. The first-order chi connectivity index (χ1) is 18.9. The van der Waals surface area contributed by atoms with Crippen LogP contribution in [0.5, 0.6) is 5.75 Å². The number of rotatable bonds is 12. The van der Waals surface area contributed by atoms with Crippen molar-refractivity contribution < 1.29 is 27.7 Å². The van der Waals surface area contributed by atoms with Crippen molar-refractivity contribution in [3.05, 3.63) is 99.6 Å². The van der Waals surface area contributed by atoms with Crippen LogP contribution in [0.15, 0.2) is 72.8 Å². The summed E-state index contributed by atoms with van der Waals surface area (Å²) in [5.41, 5.74) is 2.01. The van der Waals surface area contributed by atoms with Gasteiger partial charge < -0.3 is 15.0 Å². The molecule has 0 fully saturated rings. The molecule has 40 heavy (non-hydrogen) atoms. The van der Waals surface area contributed by atoms with Crippen LogP contribution in [0.4, 0.5) is 11.4 Å². The Morgan fingerprint density at radius 1 is 1.02 bits per heavy atom. The number of hydrogen-bond acceptors (Lipinski definition) is 7. The van der Waals surface area contributed by atoms with Gasteiger partial charge in [-0.3, -0.25) is 24.0 Å². The number of carbonyl (C=O) groups is 2. The molecule has 11 nitrogen and oxygen atoms in total. The van der Waals surface area contributed by atoms with E-state index in [-0.39, 0.29) is 30.1 Å². The lowest BCUT2D eigenvalue weighted by atomic mass is 10.0. The van der Waals surface area contributed by atoms with Crippen LogP contribution in [0.25, 0.3) is 0 Å². The molecule has 0 saturated carbocycles. The van der Waals surface area contributed by atoms with E-state index in [0.29, 0.717) is 0 Å². The first kappa shape index (κ1) is 30.1. The van der Waals surface area contributed by atoms with E-state index in [4.69, 9.17) is 4.74 Å². The number of anilines is 1. The Labute approximate surface area is 233 Å². The Morgan fingerprint density at radius 3 is 2.23 bits per heavy atom. The summed E-state index contributed by atoms with van der Waals surface area (Å²) in [7, 11) is -1.37. The fourth-order valence-electron chi connectivity index (χ4n) is 4.19. The van der Waals surface area contributed by atoms with Gasteiger partial charge in [0.15, 0.2) is 0 Å². The van der Waals surface area contributed by atoms with E-state index in [1.165, 1.54) is 31.2 Å². The van der Waals surface area contributed by atoms with Gasteiger partial charge in [0.1, 0.15) is 24.0 Å². The molecule has 1 atom stereocenters. The van der Waals surface area contributed by atoms with Crippen molar-refractivity contribution in [1.29, 1.82) is 0 Å². The van der Waals surface area contributed by atoms with Gasteiger partial charge in [0.2, 0.25) is 21.8 Å². The number of benzene rings is 3. The smallest absolute Gasteiger partial charge is 0.271 e. The predicted octanol–water partition coefficient (Wildman–Crippen LogP) is 3.06. The highest BCUT2D eigenvalue weighted by molar-refractivity contribution is 7.92. The second-order valence-electron chi connectivity index (χ2n) is 9.21. The molecular formula is C28H32N4O7S. The molecule has 3 aromatic rings. The van der Waals surface area contributed by atoms with Crippen LogP contribution >= 0.6 is 0 Å². The maximum atomic E-state index is 14.0. The van der Waals surface area contributed by atoms with Gasteiger partial charge in [0.25, 0.3) is 5.69 Å². The van der Waals surface area contributed by atoms with Crippen molar-refractivity contribution in [2.24, 2.45) is 0 Å². The van der Waals surface area contributed by atoms with E-state index < -0.39 is 39.3 Å².